The standard InChI is InChI=1S/6C4H9.C3H4O.2Sn/c6*1-3-4-2;1-2-3-4;;/h6*1,3-4H2,2H3;1,4H,3H2;;. The van der Waals surface area contributed by atoms with Gasteiger partial charge < -0.3 is 0 Å². The Hall–Kier alpha value is 1.30. The first kappa shape index (κ1) is 31.3. The van der Waals surface area contributed by atoms with Crippen LogP contribution in [0.25, 0.3) is 0 Å². The van der Waals surface area contributed by atoms with E-state index in [2.05, 4.69) is 45.6 Å². The number of aliphatic hydroxyl groups is 1. The first-order valence-electron chi connectivity index (χ1n) is 13.9. The fourth-order valence-corrected chi connectivity index (χ4v) is 47.4. The van der Waals surface area contributed by atoms with Crippen molar-refractivity contribution < 1.29 is 5.11 Å². The summed E-state index contributed by atoms with van der Waals surface area (Å²) in [5.41, 5.74) is 0. The molecule has 0 heterocycles. The van der Waals surface area contributed by atoms with Crippen LogP contribution in [0.1, 0.15) is 119 Å². The molecular weight excluding hydrogens is 578 g/mol. The molecule has 0 radical (unpaired) electrons. The van der Waals surface area contributed by atoms with Gasteiger partial charge in [0.25, 0.3) is 0 Å². The average Bonchev–Trinajstić information content (AvgIpc) is 2.78. The van der Waals surface area contributed by atoms with Crippen LogP contribution in [-0.2, 0) is 0 Å². The molecule has 0 unspecified atom stereocenters. The summed E-state index contributed by atoms with van der Waals surface area (Å²) in [6.07, 6.45) is 16.5. The van der Waals surface area contributed by atoms with Gasteiger partial charge in [-0.15, -0.1) is 0 Å². The first-order chi connectivity index (χ1) is 14.5. The Labute approximate surface area is 200 Å². The molecule has 1 N–H and O–H groups in total. The van der Waals surface area contributed by atoms with Crippen LogP contribution in [0.15, 0.2) is 7.68 Å². The fourth-order valence-electron chi connectivity index (χ4n) is 5.32. The predicted molar refractivity (Wildman–Crippen MR) is 145 cm³/mol. The Morgan fingerprint density at radius 3 is 1.10 bits per heavy atom. The summed E-state index contributed by atoms with van der Waals surface area (Å²) in [6.45, 7) is 14.6. The maximum absolute atomic E-state index is 10.8. The van der Waals surface area contributed by atoms with Crippen LogP contribution >= 0.6 is 0 Å². The quantitative estimate of drug-likeness (QED) is 0.125. The van der Waals surface area contributed by atoms with Crippen molar-refractivity contribution in [1.29, 1.82) is 0 Å². The number of aliphatic hydroxyl groups excluding tert-OH is 1. The van der Waals surface area contributed by atoms with Crippen molar-refractivity contribution >= 4 is 36.8 Å². The van der Waals surface area contributed by atoms with Gasteiger partial charge in [-0.05, 0) is 0 Å². The predicted octanol–water partition coefficient (Wildman–Crippen LogP) is 9.68. The van der Waals surface area contributed by atoms with E-state index in [0.717, 1.165) is 0 Å². The van der Waals surface area contributed by atoms with E-state index in [1.807, 2.05) is 0 Å². The topological polar surface area (TPSA) is 20.2 Å². The Kier molecular flexibility index (Phi) is 20.6. The van der Waals surface area contributed by atoms with E-state index in [4.69, 9.17) is 0 Å². The summed E-state index contributed by atoms with van der Waals surface area (Å²) in [5, 5.41) is 10.8. The van der Waals surface area contributed by atoms with E-state index in [-0.39, 0.29) is 0 Å². The SMILES string of the molecule is CCC[CH2][Sn](/[CH]=[C](/CO)[Sn]([CH2]CCC)([CH2]CCC)[CH2]CCC)([CH2]CCC)[CH2]CCC. The van der Waals surface area contributed by atoms with Crippen molar-refractivity contribution in [2.24, 2.45) is 0 Å². The molecule has 0 aromatic carbocycles. The van der Waals surface area contributed by atoms with E-state index in [1.165, 1.54) is 90.4 Å². The van der Waals surface area contributed by atoms with Gasteiger partial charge in [-0.25, -0.2) is 0 Å². The van der Waals surface area contributed by atoms with Crippen molar-refractivity contribution in [2.75, 3.05) is 6.61 Å². The number of hydrogen-bond acceptors (Lipinski definition) is 1. The summed E-state index contributed by atoms with van der Waals surface area (Å²) in [7, 11) is 0. The second-order valence-corrected chi connectivity index (χ2v) is 36.4. The van der Waals surface area contributed by atoms with E-state index < -0.39 is 36.8 Å². The molecule has 0 rings (SSSR count). The van der Waals surface area contributed by atoms with E-state index >= 15 is 0 Å². The van der Waals surface area contributed by atoms with Gasteiger partial charge in [0.15, 0.2) is 0 Å². The third-order valence-electron chi connectivity index (χ3n) is 7.44. The van der Waals surface area contributed by atoms with Gasteiger partial charge in [0.05, 0.1) is 0 Å². The van der Waals surface area contributed by atoms with Crippen LogP contribution in [-0.4, -0.2) is 48.5 Å². The second-order valence-electron chi connectivity index (χ2n) is 10.1. The third kappa shape index (κ3) is 12.0. The average molecular weight is 636 g/mol. The summed E-state index contributed by atoms with van der Waals surface area (Å²) < 4.78 is 13.9. The molecular formula is C27H58OSn2. The first-order valence-corrected chi connectivity index (χ1v) is 29.0. The van der Waals surface area contributed by atoms with Crippen molar-refractivity contribution in [2.45, 2.75) is 145 Å². The van der Waals surface area contributed by atoms with Gasteiger partial charge in [-0.2, -0.15) is 0 Å². The molecule has 0 saturated heterocycles. The molecule has 0 aliphatic carbocycles. The maximum atomic E-state index is 10.8. The van der Waals surface area contributed by atoms with Crippen molar-refractivity contribution in [3.8, 4) is 0 Å². The van der Waals surface area contributed by atoms with Gasteiger partial charge in [-0.1, -0.05) is 0 Å². The minimum absolute atomic E-state index is 0.413. The summed E-state index contributed by atoms with van der Waals surface area (Å²) in [4.78, 5) is 0. The molecule has 0 bridgehead atoms. The molecule has 0 aliphatic rings. The Bertz CT molecular complexity index is 376. The molecule has 0 aromatic rings. The molecule has 0 spiro atoms. The van der Waals surface area contributed by atoms with Gasteiger partial charge in [0, 0.05) is 0 Å². The summed E-state index contributed by atoms with van der Waals surface area (Å²) in [5.74, 6) is 0. The third-order valence-corrected chi connectivity index (χ3v) is 40.1. The van der Waals surface area contributed by atoms with Crippen LogP contribution in [0, 0.1) is 0 Å². The minimum atomic E-state index is -2.49. The molecule has 180 valence electrons. The summed E-state index contributed by atoms with van der Waals surface area (Å²) >= 11 is -4.85. The molecule has 0 fully saturated rings. The van der Waals surface area contributed by atoms with Gasteiger partial charge >= 0.3 is 201 Å². The van der Waals surface area contributed by atoms with Gasteiger partial charge in [0.2, 0.25) is 0 Å². The Morgan fingerprint density at radius 2 is 0.833 bits per heavy atom. The van der Waals surface area contributed by atoms with Crippen LogP contribution in [0.2, 0.25) is 26.6 Å². The van der Waals surface area contributed by atoms with Gasteiger partial charge in [-0.3, -0.25) is 0 Å². The van der Waals surface area contributed by atoms with Crippen molar-refractivity contribution in [3.63, 3.8) is 0 Å². The van der Waals surface area contributed by atoms with Crippen molar-refractivity contribution in [1.82, 2.24) is 0 Å². The second kappa shape index (κ2) is 19.7. The van der Waals surface area contributed by atoms with Crippen LogP contribution in [0.3, 0.4) is 0 Å². The van der Waals surface area contributed by atoms with Crippen LogP contribution < -0.4 is 0 Å². The van der Waals surface area contributed by atoms with E-state index in [9.17, 15) is 5.11 Å². The molecule has 0 saturated carbocycles. The zero-order valence-corrected chi connectivity index (χ0v) is 27.7. The molecule has 1 nitrogen and oxygen atoms in total. The molecule has 0 aromatic heterocycles. The zero-order valence-electron chi connectivity index (χ0n) is 22.0. The van der Waals surface area contributed by atoms with Gasteiger partial charge in [0.1, 0.15) is 0 Å². The fraction of sp³-hybridized carbons (Fsp3) is 0.926. The molecule has 0 amide bonds. The molecule has 3 heteroatoms. The monoisotopic (exact) mass is 638 g/mol. The van der Waals surface area contributed by atoms with Crippen molar-refractivity contribution in [3.05, 3.63) is 7.68 Å². The zero-order chi connectivity index (χ0) is 22.7. The van der Waals surface area contributed by atoms with E-state index in [0.29, 0.717) is 6.61 Å². The Balaban J connectivity index is 6.27. The number of rotatable bonds is 21. The molecule has 0 atom stereocenters. The van der Waals surface area contributed by atoms with E-state index in [1.54, 1.807) is 16.9 Å². The number of unbranched alkanes of at least 4 members (excludes halogenated alkanes) is 6. The molecule has 30 heavy (non-hydrogen) atoms. The normalized spacial score (nSPS) is 13.2. The molecule has 0 aliphatic heterocycles. The van der Waals surface area contributed by atoms with Crippen LogP contribution in [0.4, 0.5) is 0 Å². The summed E-state index contributed by atoms with van der Waals surface area (Å²) in [6, 6.07) is 0. The number of hydrogen-bond donors (Lipinski definition) is 1. The van der Waals surface area contributed by atoms with Crippen LogP contribution in [0.5, 0.6) is 0 Å². The Morgan fingerprint density at radius 1 is 0.533 bits per heavy atom.